The molecule has 1 aromatic rings. The molecule has 1 aromatic carbocycles. The summed E-state index contributed by atoms with van der Waals surface area (Å²) in [4.78, 5) is 13.0. The number of benzene rings is 1. The van der Waals surface area contributed by atoms with E-state index in [-0.39, 0.29) is 11.9 Å². The van der Waals surface area contributed by atoms with Gasteiger partial charge in [-0.05, 0) is 30.5 Å². The van der Waals surface area contributed by atoms with Gasteiger partial charge in [-0.15, -0.1) is 0 Å². The molecule has 2 nitrogen and oxygen atoms in total. The lowest BCUT2D eigenvalue weighted by Gasteiger charge is -2.35. The first-order valence-corrected chi connectivity index (χ1v) is 8.64. The third kappa shape index (κ3) is 4.66. The standard InChI is InChI=1S/C15H17Cl4NO/c16-11-7-6-10(13(17)8-11)9-20(15(21)14(18)19)12-4-2-1-3-5-12/h6-8,12,14H,1-5,9H2. The second kappa shape index (κ2) is 7.92. The van der Waals surface area contributed by atoms with Crippen molar-refractivity contribution in [3.63, 3.8) is 0 Å². The Balaban J connectivity index is 2.20. The summed E-state index contributed by atoms with van der Waals surface area (Å²) < 4.78 is 0. The Kier molecular flexibility index (Phi) is 6.49. The minimum Gasteiger partial charge on any atom is -0.333 e. The monoisotopic (exact) mass is 367 g/mol. The number of halogens is 4. The van der Waals surface area contributed by atoms with Gasteiger partial charge in [-0.25, -0.2) is 0 Å². The highest BCUT2D eigenvalue weighted by Gasteiger charge is 2.29. The number of hydrogen-bond acceptors (Lipinski definition) is 1. The maximum Gasteiger partial charge on any atom is 0.256 e. The fourth-order valence-electron chi connectivity index (χ4n) is 2.74. The predicted octanol–water partition coefficient (Wildman–Crippen LogP) is 5.46. The Hall–Kier alpha value is -0.150. The van der Waals surface area contributed by atoms with Gasteiger partial charge in [0.05, 0.1) is 0 Å². The van der Waals surface area contributed by atoms with E-state index in [2.05, 4.69) is 0 Å². The molecule has 1 fully saturated rings. The zero-order chi connectivity index (χ0) is 15.4. The van der Waals surface area contributed by atoms with E-state index in [0.29, 0.717) is 16.6 Å². The van der Waals surface area contributed by atoms with Crippen molar-refractivity contribution in [1.29, 1.82) is 0 Å². The number of carbonyl (C=O) groups is 1. The van der Waals surface area contributed by atoms with Gasteiger partial charge >= 0.3 is 0 Å². The number of alkyl halides is 2. The van der Waals surface area contributed by atoms with Gasteiger partial charge in [-0.1, -0.05) is 71.7 Å². The van der Waals surface area contributed by atoms with Crippen LogP contribution in [-0.4, -0.2) is 21.7 Å². The maximum atomic E-state index is 12.3. The minimum atomic E-state index is -1.04. The highest BCUT2D eigenvalue weighted by molar-refractivity contribution is 6.53. The lowest BCUT2D eigenvalue weighted by atomic mass is 9.93. The molecule has 1 aliphatic rings. The normalized spacial score (nSPS) is 16.2. The first kappa shape index (κ1) is 17.2. The molecule has 21 heavy (non-hydrogen) atoms. The van der Waals surface area contributed by atoms with E-state index in [1.165, 1.54) is 6.42 Å². The van der Waals surface area contributed by atoms with Crippen LogP contribution < -0.4 is 0 Å². The van der Waals surface area contributed by atoms with Crippen LogP contribution in [0.15, 0.2) is 18.2 Å². The van der Waals surface area contributed by atoms with Crippen LogP contribution in [0.1, 0.15) is 37.7 Å². The van der Waals surface area contributed by atoms with Crippen molar-refractivity contribution in [1.82, 2.24) is 4.90 Å². The van der Waals surface area contributed by atoms with Gasteiger partial charge in [0.15, 0.2) is 4.84 Å². The molecule has 0 N–H and O–H groups in total. The van der Waals surface area contributed by atoms with Crippen LogP contribution in [0.3, 0.4) is 0 Å². The van der Waals surface area contributed by atoms with Crippen LogP contribution in [0, 0.1) is 0 Å². The summed E-state index contributed by atoms with van der Waals surface area (Å²) in [6, 6.07) is 5.47. The van der Waals surface area contributed by atoms with Gasteiger partial charge in [0.25, 0.3) is 5.91 Å². The highest BCUT2D eigenvalue weighted by Crippen LogP contribution is 2.28. The first-order chi connectivity index (χ1) is 9.99. The fourth-order valence-corrected chi connectivity index (χ4v) is 3.46. The topological polar surface area (TPSA) is 20.3 Å². The van der Waals surface area contributed by atoms with Gasteiger partial charge in [0.2, 0.25) is 0 Å². The first-order valence-electron chi connectivity index (χ1n) is 7.01. The quantitative estimate of drug-likeness (QED) is 0.646. The largest absolute Gasteiger partial charge is 0.333 e. The van der Waals surface area contributed by atoms with Crippen molar-refractivity contribution >= 4 is 52.3 Å². The number of carbonyl (C=O) groups excluding carboxylic acids is 1. The molecular weight excluding hydrogens is 352 g/mol. The molecule has 0 unspecified atom stereocenters. The van der Waals surface area contributed by atoms with Gasteiger partial charge in [0.1, 0.15) is 0 Å². The molecule has 0 aliphatic heterocycles. The van der Waals surface area contributed by atoms with Gasteiger partial charge in [-0.3, -0.25) is 4.79 Å². The predicted molar refractivity (Wildman–Crippen MR) is 89.4 cm³/mol. The molecular formula is C15H17Cl4NO. The minimum absolute atomic E-state index is 0.179. The number of amides is 1. The summed E-state index contributed by atoms with van der Waals surface area (Å²) in [6.45, 7) is 0.412. The van der Waals surface area contributed by atoms with E-state index >= 15 is 0 Å². The summed E-state index contributed by atoms with van der Waals surface area (Å²) >= 11 is 23.7. The van der Waals surface area contributed by atoms with E-state index < -0.39 is 4.84 Å². The lowest BCUT2D eigenvalue weighted by molar-refractivity contribution is -0.133. The van der Waals surface area contributed by atoms with Gasteiger partial charge in [-0.2, -0.15) is 0 Å². The molecule has 1 aliphatic carbocycles. The van der Waals surface area contributed by atoms with Crippen LogP contribution in [0.4, 0.5) is 0 Å². The summed E-state index contributed by atoms with van der Waals surface area (Å²) in [5.41, 5.74) is 0.856. The third-order valence-electron chi connectivity index (χ3n) is 3.84. The number of nitrogens with zero attached hydrogens (tertiary/aromatic N) is 1. The second-order valence-corrected chi connectivity index (χ2v) is 7.23. The zero-order valence-electron chi connectivity index (χ0n) is 11.5. The van der Waals surface area contributed by atoms with Gasteiger partial charge < -0.3 is 4.90 Å². The summed E-state index contributed by atoms with van der Waals surface area (Å²) in [6.07, 6.45) is 5.43. The molecule has 0 spiro atoms. The Morgan fingerprint density at radius 1 is 1.19 bits per heavy atom. The Labute approximate surface area is 145 Å². The van der Waals surface area contributed by atoms with Crippen LogP contribution in [0.25, 0.3) is 0 Å². The molecule has 0 saturated heterocycles. The molecule has 1 saturated carbocycles. The van der Waals surface area contributed by atoms with Crippen molar-refractivity contribution in [2.75, 3.05) is 0 Å². The van der Waals surface area contributed by atoms with E-state index in [9.17, 15) is 4.79 Å². The average Bonchev–Trinajstić information content (AvgIpc) is 2.46. The zero-order valence-corrected chi connectivity index (χ0v) is 14.5. The van der Waals surface area contributed by atoms with E-state index in [1.54, 1.807) is 17.0 Å². The number of hydrogen-bond donors (Lipinski definition) is 0. The van der Waals surface area contributed by atoms with Crippen molar-refractivity contribution in [2.24, 2.45) is 0 Å². The molecule has 2 rings (SSSR count). The van der Waals surface area contributed by atoms with E-state index in [0.717, 1.165) is 31.2 Å². The smallest absolute Gasteiger partial charge is 0.256 e. The van der Waals surface area contributed by atoms with E-state index in [1.807, 2.05) is 6.07 Å². The van der Waals surface area contributed by atoms with E-state index in [4.69, 9.17) is 46.4 Å². The summed E-state index contributed by atoms with van der Waals surface area (Å²) in [5.74, 6) is -0.253. The molecule has 116 valence electrons. The Morgan fingerprint density at radius 2 is 1.86 bits per heavy atom. The molecule has 0 bridgehead atoms. The molecule has 0 radical (unpaired) electrons. The number of rotatable bonds is 4. The summed E-state index contributed by atoms with van der Waals surface area (Å²) in [5, 5.41) is 1.13. The summed E-state index contributed by atoms with van der Waals surface area (Å²) in [7, 11) is 0. The van der Waals surface area contributed by atoms with Crippen molar-refractivity contribution in [3.8, 4) is 0 Å². The maximum absolute atomic E-state index is 12.3. The second-order valence-electron chi connectivity index (χ2n) is 5.29. The van der Waals surface area contributed by atoms with Crippen LogP contribution in [-0.2, 0) is 11.3 Å². The van der Waals surface area contributed by atoms with Crippen LogP contribution in [0.5, 0.6) is 0 Å². The molecule has 1 amide bonds. The molecule has 6 heteroatoms. The molecule has 0 atom stereocenters. The van der Waals surface area contributed by atoms with Crippen LogP contribution >= 0.6 is 46.4 Å². The lowest BCUT2D eigenvalue weighted by Crippen LogP contribution is -2.43. The highest BCUT2D eigenvalue weighted by atomic mass is 35.5. The van der Waals surface area contributed by atoms with Gasteiger partial charge in [0, 0.05) is 22.6 Å². The molecule has 0 heterocycles. The molecule has 0 aromatic heterocycles. The third-order valence-corrected chi connectivity index (χ3v) is 4.80. The Morgan fingerprint density at radius 3 is 2.43 bits per heavy atom. The average molecular weight is 369 g/mol. The Bertz CT molecular complexity index is 500. The van der Waals surface area contributed by atoms with Crippen molar-refractivity contribution in [2.45, 2.75) is 49.5 Å². The fraction of sp³-hybridized carbons (Fsp3) is 0.533. The van der Waals surface area contributed by atoms with Crippen LogP contribution in [0.2, 0.25) is 10.0 Å². The van der Waals surface area contributed by atoms with Crippen molar-refractivity contribution in [3.05, 3.63) is 33.8 Å². The van der Waals surface area contributed by atoms with Crippen molar-refractivity contribution < 1.29 is 4.79 Å². The SMILES string of the molecule is O=C(C(Cl)Cl)N(Cc1ccc(Cl)cc1Cl)C1CCCCC1.